The van der Waals surface area contributed by atoms with Crippen molar-refractivity contribution in [3.63, 3.8) is 0 Å². The molecule has 2 aliphatic rings. The number of hydrogen-bond acceptors (Lipinski definition) is 3. The van der Waals surface area contributed by atoms with E-state index in [0.29, 0.717) is 0 Å². The minimum atomic E-state index is 0.0554. The summed E-state index contributed by atoms with van der Waals surface area (Å²) in [5.41, 5.74) is 1.08. The smallest absolute Gasteiger partial charge is 0.318 e. The van der Waals surface area contributed by atoms with Crippen molar-refractivity contribution in [2.24, 2.45) is 5.92 Å². The molecule has 19 heavy (non-hydrogen) atoms. The summed E-state index contributed by atoms with van der Waals surface area (Å²) >= 11 is 0. The van der Waals surface area contributed by atoms with Crippen LogP contribution in [0.4, 0.5) is 4.79 Å². The molecule has 0 saturated carbocycles. The molecule has 2 saturated heterocycles. The van der Waals surface area contributed by atoms with Gasteiger partial charge in [0.15, 0.2) is 0 Å². The highest BCUT2D eigenvalue weighted by Crippen LogP contribution is 2.21. The van der Waals surface area contributed by atoms with Gasteiger partial charge in [-0.05, 0) is 43.5 Å². The number of pyridine rings is 1. The first-order chi connectivity index (χ1) is 9.33. The second kappa shape index (κ2) is 5.57. The van der Waals surface area contributed by atoms with Crippen LogP contribution in [-0.4, -0.2) is 42.1 Å². The van der Waals surface area contributed by atoms with Crippen LogP contribution in [0.5, 0.6) is 0 Å². The lowest BCUT2D eigenvalue weighted by molar-refractivity contribution is 0.214. The molecule has 2 N–H and O–H groups in total. The Balaban J connectivity index is 1.54. The van der Waals surface area contributed by atoms with Crippen LogP contribution in [0.1, 0.15) is 24.4 Å². The van der Waals surface area contributed by atoms with Crippen molar-refractivity contribution >= 4 is 6.03 Å². The molecule has 2 unspecified atom stereocenters. The van der Waals surface area contributed by atoms with Gasteiger partial charge in [0.25, 0.3) is 0 Å². The van der Waals surface area contributed by atoms with E-state index in [0.717, 1.165) is 44.1 Å². The van der Waals surface area contributed by atoms with Gasteiger partial charge < -0.3 is 15.5 Å². The number of amides is 2. The molecular weight excluding hydrogens is 240 g/mol. The molecule has 2 atom stereocenters. The molecule has 5 heteroatoms. The molecule has 0 bridgehead atoms. The molecule has 3 heterocycles. The third-order valence-corrected chi connectivity index (χ3v) is 4.04. The Hall–Kier alpha value is -1.62. The summed E-state index contributed by atoms with van der Waals surface area (Å²) in [7, 11) is 0. The maximum Gasteiger partial charge on any atom is 0.318 e. The van der Waals surface area contributed by atoms with E-state index in [2.05, 4.69) is 15.6 Å². The molecule has 1 aromatic heterocycles. The van der Waals surface area contributed by atoms with Gasteiger partial charge in [-0.25, -0.2) is 4.79 Å². The summed E-state index contributed by atoms with van der Waals surface area (Å²) in [6.45, 7) is 3.83. The molecule has 0 radical (unpaired) electrons. The van der Waals surface area contributed by atoms with Crippen LogP contribution in [0.3, 0.4) is 0 Å². The van der Waals surface area contributed by atoms with Crippen molar-refractivity contribution in [2.45, 2.75) is 18.9 Å². The first-order valence-corrected chi connectivity index (χ1v) is 6.99. The van der Waals surface area contributed by atoms with Crippen molar-refractivity contribution in [1.82, 2.24) is 20.5 Å². The summed E-state index contributed by atoms with van der Waals surface area (Å²) in [4.78, 5) is 18.0. The highest BCUT2D eigenvalue weighted by molar-refractivity contribution is 5.77. The van der Waals surface area contributed by atoms with Crippen LogP contribution in [0.2, 0.25) is 0 Å². The number of carbonyl (C=O) groups excluding carboxylic acids is 1. The molecule has 2 amide bonds. The third-order valence-electron chi connectivity index (χ3n) is 4.04. The van der Waals surface area contributed by atoms with Gasteiger partial charge in [-0.15, -0.1) is 0 Å². The van der Waals surface area contributed by atoms with Crippen molar-refractivity contribution in [3.8, 4) is 0 Å². The first kappa shape index (κ1) is 12.4. The van der Waals surface area contributed by atoms with Gasteiger partial charge in [0.2, 0.25) is 0 Å². The van der Waals surface area contributed by atoms with Gasteiger partial charge in [-0.1, -0.05) is 6.07 Å². The maximum absolute atomic E-state index is 11.9. The molecular formula is C14H20N4O. The number of aromatic nitrogens is 1. The standard InChI is InChI=1S/C14H20N4O/c19-14-17-13(12-2-1-5-15-9-12)10-18(14)7-4-11-3-6-16-8-11/h1-2,5,9,11,13,16H,3-4,6-8,10H2,(H,17,19). The van der Waals surface area contributed by atoms with Gasteiger partial charge >= 0.3 is 6.03 Å². The minimum Gasteiger partial charge on any atom is -0.329 e. The number of urea groups is 1. The lowest BCUT2D eigenvalue weighted by Gasteiger charge is -2.17. The number of nitrogens with one attached hydrogen (secondary N) is 2. The van der Waals surface area contributed by atoms with E-state index < -0.39 is 0 Å². The molecule has 1 aromatic rings. The molecule has 0 aromatic carbocycles. The molecule has 0 spiro atoms. The Morgan fingerprint density at radius 3 is 3.16 bits per heavy atom. The highest BCUT2D eigenvalue weighted by atomic mass is 16.2. The van der Waals surface area contributed by atoms with Crippen LogP contribution in [0.15, 0.2) is 24.5 Å². The molecule has 2 aliphatic heterocycles. The summed E-state index contributed by atoms with van der Waals surface area (Å²) < 4.78 is 0. The normalized spacial score (nSPS) is 26.7. The largest absolute Gasteiger partial charge is 0.329 e. The van der Waals surface area contributed by atoms with E-state index in [9.17, 15) is 4.79 Å². The Morgan fingerprint density at radius 1 is 1.47 bits per heavy atom. The van der Waals surface area contributed by atoms with Gasteiger partial charge in [0.1, 0.15) is 0 Å². The highest BCUT2D eigenvalue weighted by Gasteiger charge is 2.30. The van der Waals surface area contributed by atoms with E-state index in [1.54, 1.807) is 6.20 Å². The Morgan fingerprint density at radius 2 is 2.42 bits per heavy atom. The molecule has 102 valence electrons. The van der Waals surface area contributed by atoms with Crippen LogP contribution in [0, 0.1) is 5.92 Å². The maximum atomic E-state index is 11.9. The lowest BCUT2D eigenvalue weighted by Crippen LogP contribution is -2.30. The number of carbonyl (C=O) groups is 1. The van der Waals surface area contributed by atoms with Crippen LogP contribution in [0.25, 0.3) is 0 Å². The Labute approximate surface area is 113 Å². The second-order valence-electron chi connectivity index (χ2n) is 5.38. The van der Waals surface area contributed by atoms with Crippen LogP contribution in [-0.2, 0) is 0 Å². The predicted octanol–water partition coefficient (Wildman–Crippen LogP) is 1.15. The summed E-state index contributed by atoms with van der Waals surface area (Å²) in [6.07, 6.45) is 5.92. The number of rotatable bonds is 4. The number of hydrogen-bond donors (Lipinski definition) is 2. The van der Waals surface area contributed by atoms with E-state index in [-0.39, 0.29) is 12.1 Å². The molecule has 5 nitrogen and oxygen atoms in total. The zero-order chi connectivity index (χ0) is 13.1. The van der Waals surface area contributed by atoms with Crippen molar-refractivity contribution in [1.29, 1.82) is 0 Å². The topological polar surface area (TPSA) is 57.3 Å². The fourth-order valence-corrected chi connectivity index (χ4v) is 2.85. The van der Waals surface area contributed by atoms with Gasteiger partial charge in [0.05, 0.1) is 6.04 Å². The first-order valence-electron chi connectivity index (χ1n) is 6.99. The molecule has 0 aliphatic carbocycles. The average molecular weight is 260 g/mol. The zero-order valence-electron chi connectivity index (χ0n) is 11.0. The minimum absolute atomic E-state index is 0.0554. The lowest BCUT2D eigenvalue weighted by atomic mass is 10.0. The van der Waals surface area contributed by atoms with Gasteiger partial charge in [-0.3, -0.25) is 4.98 Å². The molecule has 2 fully saturated rings. The van der Waals surface area contributed by atoms with Crippen molar-refractivity contribution < 1.29 is 4.79 Å². The zero-order valence-corrected chi connectivity index (χ0v) is 11.0. The second-order valence-corrected chi connectivity index (χ2v) is 5.38. The van der Waals surface area contributed by atoms with Crippen LogP contribution < -0.4 is 10.6 Å². The Bertz CT molecular complexity index is 430. The average Bonchev–Trinajstić information content (AvgIpc) is 3.07. The van der Waals surface area contributed by atoms with E-state index in [1.807, 2.05) is 23.2 Å². The fourth-order valence-electron chi connectivity index (χ4n) is 2.85. The van der Waals surface area contributed by atoms with Crippen molar-refractivity contribution in [2.75, 3.05) is 26.2 Å². The van der Waals surface area contributed by atoms with Crippen LogP contribution >= 0.6 is 0 Å². The summed E-state index contributed by atoms with van der Waals surface area (Å²) in [5, 5.41) is 6.39. The summed E-state index contributed by atoms with van der Waals surface area (Å²) in [6, 6.07) is 4.07. The number of nitrogens with zero attached hydrogens (tertiary/aromatic N) is 2. The van der Waals surface area contributed by atoms with E-state index in [1.165, 1.54) is 6.42 Å². The SMILES string of the molecule is O=C1NC(c2cccnc2)CN1CCC1CCNC1. The van der Waals surface area contributed by atoms with Crippen molar-refractivity contribution in [3.05, 3.63) is 30.1 Å². The quantitative estimate of drug-likeness (QED) is 0.854. The Kier molecular flexibility index (Phi) is 3.64. The molecule has 3 rings (SSSR count). The monoisotopic (exact) mass is 260 g/mol. The fraction of sp³-hybridized carbons (Fsp3) is 0.571. The van der Waals surface area contributed by atoms with E-state index in [4.69, 9.17) is 0 Å². The van der Waals surface area contributed by atoms with Gasteiger partial charge in [-0.2, -0.15) is 0 Å². The van der Waals surface area contributed by atoms with E-state index >= 15 is 0 Å². The summed E-state index contributed by atoms with van der Waals surface area (Å²) in [5.74, 6) is 0.727. The third kappa shape index (κ3) is 2.87. The predicted molar refractivity (Wildman–Crippen MR) is 72.7 cm³/mol. The van der Waals surface area contributed by atoms with Gasteiger partial charge in [0, 0.05) is 25.5 Å².